The van der Waals surface area contributed by atoms with E-state index < -0.39 is 0 Å². The van der Waals surface area contributed by atoms with Gasteiger partial charge in [-0.2, -0.15) is 0 Å². The van der Waals surface area contributed by atoms with Crippen LogP contribution in [-0.4, -0.2) is 0 Å². The van der Waals surface area contributed by atoms with Crippen molar-refractivity contribution in [1.82, 2.24) is 0 Å². The SMILES string of the molecule is Cc1c(-c2cccc(-c3ccc(-c4ccc(N(c5ccc(-c6ccc7ccccc7c6)cc5)c5ccc6c(ccc7ccccc76)c5)cc4)cc3)c2)oc2ccccc12. The molecule has 0 radical (unpaired) electrons. The van der Waals surface area contributed by atoms with Crippen molar-refractivity contribution in [3.63, 3.8) is 0 Å². The quantitative estimate of drug-likeness (QED) is 0.151. The summed E-state index contributed by atoms with van der Waals surface area (Å²) in [6, 6.07) is 78.9. The molecule has 0 aliphatic heterocycles. The number of para-hydroxylation sites is 1. The number of furan rings is 1. The normalized spacial score (nSPS) is 11.5. The lowest BCUT2D eigenvalue weighted by atomic mass is 9.97. The van der Waals surface area contributed by atoms with Crippen LogP contribution in [0.15, 0.2) is 223 Å². The van der Waals surface area contributed by atoms with Crippen molar-refractivity contribution in [2.45, 2.75) is 6.92 Å². The summed E-state index contributed by atoms with van der Waals surface area (Å²) >= 11 is 0. The van der Waals surface area contributed by atoms with Gasteiger partial charge in [0.1, 0.15) is 11.3 Å². The summed E-state index contributed by atoms with van der Waals surface area (Å²) < 4.78 is 6.30. The van der Waals surface area contributed by atoms with Gasteiger partial charge in [-0.15, -0.1) is 0 Å². The fourth-order valence-electron chi connectivity index (χ4n) is 8.71. The molecule has 0 aliphatic rings. The highest BCUT2D eigenvalue weighted by molar-refractivity contribution is 6.08. The van der Waals surface area contributed by atoms with E-state index in [-0.39, 0.29) is 0 Å². The molecule has 0 N–H and O–H groups in total. The van der Waals surface area contributed by atoms with Crippen LogP contribution in [0.3, 0.4) is 0 Å². The lowest BCUT2D eigenvalue weighted by molar-refractivity contribution is 0.629. The van der Waals surface area contributed by atoms with Gasteiger partial charge in [0.25, 0.3) is 0 Å². The van der Waals surface area contributed by atoms with Gasteiger partial charge in [-0.05, 0) is 127 Å². The number of hydrogen-bond acceptors (Lipinski definition) is 2. The zero-order chi connectivity index (χ0) is 39.3. The van der Waals surface area contributed by atoms with Crippen molar-refractivity contribution in [1.29, 1.82) is 0 Å². The lowest BCUT2D eigenvalue weighted by Gasteiger charge is -2.26. The van der Waals surface area contributed by atoms with Gasteiger partial charge in [-0.25, -0.2) is 0 Å². The molecule has 0 saturated carbocycles. The summed E-state index contributed by atoms with van der Waals surface area (Å²) in [4.78, 5) is 2.36. The van der Waals surface area contributed by atoms with Gasteiger partial charge in [-0.3, -0.25) is 0 Å². The molecule has 1 heterocycles. The first-order valence-corrected chi connectivity index (χ1v) is 20.2. The molecule has 0 spiro atoms. The van der Waals surface area contributed by atoms with Gasteiger partial charge >= 0.3 is 0 Å². The Bertz CT molecular complexity index is 3320. The van der Waals surface area contributed by atoms with Gasteiger partial charge in [0.2, 0.25) is 0 Å². The van der Waals surface area contributed by atoms with E-state index in [1.807, 2.05) is 12.1 Å². The van der Waals surface area contributed by atoms with E-state index in [0.29, 0.717) is 0 Å². The van der Waals surface area contributed by atoms with Crippen molar-refractivity contribution >= 4 is 60.3 Å². The fraction of sp³-hybridized carbons (Fsp3) is 0.0175. The molecule has 2 heteroatoms. The standard InChI is InChI=1S/C57H39NO/c1-38-53-14-6-7-16-56(53)59-57(38)49-13-8-12-46(36-49)42-19-17-40(18-20-42)41-25-29-50(30-26-41)58(52-33-34-55-48(37-52)24-22-44-10-4-5-15-54(44)55)51-31-27-43(28-32-51)47-23-21-39-9-2-3-11-45(39)35-47/h2-37H,1H3. The molecule has 0 atom stereocenters. The largest absolute Gasteiger partial charge is 0.456 e. The van der Waals surface area contributed by atoms with Gasteiger partial charge in [-0.1, -0.05) is 164 Å². The van der Waals surface area contributed by atoms with Gasteiger partial charge in [0.15, 0.2) is 0 Å². The second-order valence-electron chi connectivity index (χ2n) is 15.4. The maximum atomic E-state index is 6.30. The Hall–Kier alpha value is -7.68. The molecule has 0 amide bonds. The van der Waals surface area contributed by atoms with Gasteiger partial charge in [0.05, 0.1) is 0 Å². The Kier molecular flexibility index (Phi) is 8.41. The molecule has 278 valence electrons. The topological polar surface area (TPSA) is 16.4 Å². The smallest absolute Gasteiger partial charge is 0.138 e. The number of rotatable bonds is 7. The second-order valence-corrected chi connectivity index (χ2v) is 15.4. The number of anilines is 3. The van der Waals surface area contributed by atoms with Crippen LogP contribution in [0.4, 0.5) is 17.1 Å². The predicted molar refractivity (Wildman–Crippen MR) is 250 cm³/mol. The Morgan fingerprint density at radius 2 is 0.797 bits per heavy atom. The van der Waals surface area contributed by atoms with Crippen molar-refractivity contribution in [3.8, 4) is 44.7 Å². The van der Waals surface area contributed by atoms with Crippen molar-refractivity contribution in [2.75, 3.05) is 4.90 Å². The van der Waals surface area contributed by atoms with Crippen LogP contribution in [0.2, 0.25) is 0 Å². The van der Waals surface area contributed by atoms with Crippen molar-refractivity contribution in [2.24, 2.45) is 0 Å². The average Bonchev–Trinajstić information content (AvgIpc) is 3.65. The highest BCUT2D eigenvalue weighted by Crippen LogP contribution is 2.40. The average molecular weight is 754 g/mol. The minimum Gasteiger partial charge on any atom is -0.456 e. The van der Waals surface area contributed by atoms with E-state index in [9.17, 15) is 0 Å². The first-order chi connectivity index (χ1) is 29.1. The molecular weight excluding hydrogens is 715 g/mol. The molecule has 59 heavy (non-hydrogen) atoms. The van der Waals surface area contributed by atoms with Crippen LogP contribution in [0, 0.1) is 6.92 Å². The molecule has 0 unspecified atom stereocenters. The number of aryl methyl sites for hydroxylation is 1. The van der Waals surface area contributed by atoms with Crippen LogP contribution in [0.5, 0.6) is 0 Å². The summed E-state index contributed by atoms with van der Waals surface area (Å²) in [7, 11) is 0. The van der Waals surface area contributed by atoms with E-state index in [0.717, 1.165) is 44.9 Å². The highest BCUT2D eigenvalue weighted by atomic mass is 16.3. The van der Waals surface area contributed by atoms with Crippen LogP contribution in [0.25, 0.3) is 88.0 Å². The third kappa shape index (κ3) is 6.32. The molecule has 11 aromatic rings. The summed E-state index contributed by atoms with van der Waals surface area (Å²) in [5, 5.41) is 8.66. The fourth-order valence-corrected chi connectivity index (χ4v) is 8.71. The maximum absolute atomic E-state index is 6.30. The van der Waals surface area contributed by atoms with E-state index >= 15 is 0 Å². The number of benzene rings is 10. The Morgan fingerprint density at radius 3 is 1.51 bits per heavy atom. The lowest BCUT2D eigenvalue weighted by Crippen LogP contribution is -2.09. The molecule has 0 aliphatic carbocycles. The summed E-state index contributed by atoms with van der Waals surface area (Å²) in [6.45, 7) is 2.14. The van der Waals surface area contributed by atoms with E-state index in [1.165, 1.54) is 65.7 Å². The molecular formula is C57H39NO. The Labute approximate surface area is 343 Å². The number of hydrogen-bond donors (Lipinski definition) is 0. The van der Waals surface area contributed by atoms with E-state index in [1.54, 1.807) is 0 Å². The van der Waals surface area contributed by atoms with Crippen LogP contribution in [0.1, 0.15) is 5.56 Å². The molecule has 10 aromatic carbocycles. The first kappa shape index (κ1) is 34.6. The maximum Gasteiger partial charge on any atom is 0.138 e. The Morgan fingerprint density at radius 1 is 0.305 bits per heavy atom. The number of nitrogens with zero attached hydrogens (tertiary/aromatic N) is 1. The first-order valence-electron chi connectivity index (χ1n) is 20.2. The molecule has 2 nitrogen and oxygen atoms in total. The van der Waals surface area contributed by atoms with Gasteiger partial charge < -0.3 is 9.32 Å². The Balaban J connectivity index is 0.921. The second kappa shape index (κ2) is 14.4. The summed E-state index contributed by atoms with van der Waals surface area (Å²) in [5.41, 5.74) is 13.6. The van der Waals surface area contributed by atoms with E-state index in [2.05, 4.69) is 218 Å². The molecule has 11 rings (SSSR count). The van der Waals surface area contributed by atoms with E-state index in [4.69, 9.17) is 4.42 Å². The van der Waals surface area contributed by atoms with Crippen LogP contribution >= 0.6 is 0 Å². The third-order valence-electron chi connectivity index (χ3n) is 11.8. The monoisotopic (exact) mass is 753 g/mol. The predicted octanol–water partition coefficient (Wildman–Crippen LogP) is 16.3. The van der Waals surface area contributed by atoms with Gasteiger partial charge in [0, 0.05) is 33.6 Å². The number of fused-ring (bicyclic) bond motifs is 5. The zero-order valence-electron chi connectivity index (χ0n) is 32.6. The third-order valence-corrected chi connectivity index (χ3v) is 11.8. The van der Waals surface area contributed by atoms with Crippen molar-refractivity contribution in [3.05, 3.63) is 224 Å². The van der Waals surface area contributed by atoms with Crippen molar-refractivity contribution < 1.29 is 4.42 Å². The minimum absolute atomic E-state index is 0.921. The highest BCUT2D eigenvalue weighted by Gasteiger charge is 2.16. The summed E-state index contributed by atoms with van der Waals surface area (Å²) in [5.74, 6) is 0.928. The molecule has 0 bridgehead atoms. The zero-order valence-corrected chi connectivity index (χ0v) is 32.6. The van der Waals surface area contributed by atoms with Crippen LogP contribution in [-0.2, 0) is 0 Å². The van der Waals surface area contributed by atoms with Crippen LogP contribution < -0.4 is 4.90 Å². The minimum atomic E-state index is 0.921. The molecule has 0 fully saturated rings. The summed E-state index contributed by atoms with van der Waals surface area (Å²) in [6.07, 6.45) is 0. The molecule has 1 aromatic heterocycles. The molecule has 0 saturated heterocycles.